The summed E-state index contributed by atoms with van der Waals surface area (Å²) in [6, 6.07) is -1.16. The van der Waals surface area contributed by atoms with Gasteiger partial charge in [-0.05, 0) is 95.5 Å². The maximum absolute atomic E-state index is 14.3. The molecule has 1 saturated carbocycles. The molecular weight excluding hydrogens is 734 g/mol. The summed E-state index contributed by atoms with van der Waals surface area (Å²) < 4.78 is 24.2. The molecule has 13 nitrogen and oxygen atoms in total. The highest BCUT2D eigenvalue weighted by atomic mass is 16.7. The lowest BCUT2D eigenvalue weighted by atomic mass is 9.78. The molecule has 1 amide bonds. The zero-order valence-electron chi connectivity index (χ0n) is 35.1. The third kappa shape index (κ3) is 11.3. The number of esters is 1. The van der Waals surface area contributed by atoms with Crippen molar-refractivity contribution >= 4 is 23.4 Å². The van der Waals surface area contributed by atoms with Crippen LogP contribution in [0, 0.1) is 35.5 Å². The van der Waals surface area contributed by atoms with Crippen LogP contribution in [0.2, 0.25) is 0 Å². The van der Waals surface area contributed by atoms with Crippen LogP contribution >= 0.6 is 0 Å². The molecule has 0 aromatic rings. The first-order valence-corrected chi connectivity index (χ1v) is 21.0. The van der Waals surface area contributed by atoms with Crippen LogP contribution in [0.15, 0.2) is 36.0 Å². The number of methoxy groups -OCH3 is 2. The number of carbonyl (C=O) groups is 4. The van der Waals surface area contributed by atoms with Crippen LogP contribution in [0.1, 0.15) is 105 Å². The Morgan fingerprint density at radius 1 is 0.982 bits per heavy atom. The predicted octanol–water partition coefficient (Wildman–Crippen LogP) is 4.23. The van der Waals surface area contributed by atoms with Crippen molar-refractivity contribution in [2.45, 2.75) is 154 Å². The van der Waals surface area contributed by atoms with Gasteiger partial charge in [0.15, 0.2) is 0 Å². The minimum atomic E-state index is -2.52. The molecule has 3 heterocycles. The lowest BCUT2D eigenvalue weighted by Gasteiger charge is -2.47. The first-order valence-electron chi connectivity index (χ1n) is 21.0. The summed E-state index contributed by atoms with van der Waals surface area (Å²) in [4.78, 5) is 57.8. The van der Waals surface area contributed by atoms with Crippen LogP contribution in [-0.4, -0.2) is 125 Å². The zero-order chi connectivity index (χ0) is 42.2. The van der Waals surface area contributed by atoms with Crippen LogP contribution in [0.3, 0.4) is 0 Å². The van der Waals surface area contributed by atoms with Gasteiger partial charge in [0.25, 0.3) is 11.7 Å². The Kier molecular flexibility index (Phi) is 17.2. The molecule has 57 heavy (non-hydrogen) atoms. The van der Waals surface area contributed by atoms with Crippen LogP contribution in [0.5, 0.6) is 0 Å². The van der Waals surface area contributed by atoms with Gasteiger partial charge in [-0.15, -0.1) is 6.58 Å². The number of fused-ring (bicyclic) bond motifs is 3. The van der Waals surface area contributed by atoms with Crippen LogP contribution in [0.4, 0.5) is 0 Å². The number of ether oxygens (including phenoxy) is 4. The zero-order valence-corrected chi connectivity index (χ0v) is 35.1. The summed E-state index contributed by atoms with van der Waals surface area (Å²) in [6.45, 7) is 12.9. The van der Waals surface area contributed by atoms with Crippen molar-refractivity contribution in [3.8, 4) is 0 Å². The van der Waals surface area contributed by atoms with E-state index in [1.807, 2.05) is 26.0 Å². The molecule has 4 N–H and O–H groups in total. The van der Waals surface area contributed by atoms with E-state index in [4.69, 9.17) is 18.9 Å². The van der Waals surface area contributed by atoms with Crippen LogP contribution in [-0.2, 0) is 38.1 Å². The summed E-state index contributed by atoms with van der Waals surface area (Å²) in [5, 5.41) is 44.0. The fourth-order valence-electron chi connectivity index (χ4n) is 9.51. The highest BCUT2D eigenvalue weighted by Gasteiger charge is 2.56. The van der Waals surface area contributed by atoms with Crippen LogP contribution < -0.4 is 0 Å². The quantitative estimate of drug-likeness (QED) is 0.163. The Bertz CT molecular complexity index is 1480. The van der Waals surface area contributed by atoms with E-state index in [1.54, 1.807) is 26.8 Å². The van der Waals surface area contributed by atoms with Gasteiger partial charge in [0.05, 0.1) is 24.4 Å². The number of aliphatic hydroxyl groups excluding tert-OH is 3. The average Bonchev–Trinajstić information content (AvgIpc) is 3.18. The summed E-state index contributed by atoms with van der Waals surface area (Å²) in [5.41, 5.74) is 1.58. The predicted molar refractivity (Wildman–Crippen MR) is 212 cm³/mol. The van der Waals surface area contributed by atoms with Crippen molar-refractivity contribution in [3.05, 3.63) is 36.0 Å². The molecular formula is C44H69NO12. The van der Waals surface area contributed by atoms with Crippen molar-refractivity contribution in [2.75, 3.05) is 27.4 Å². The Labute approximate surface area is 338 Å². The number of piperidine rings is 1. The third-order valence-electron chi connectivity index (χ3n) is 13.0. The van der Waals surface area contributed by atoms with E-state index in [9.17, 15) is 39.6 Å². The molecule has 14 atom stereocenters. The highest BCUT2D eigenvalue weighted by Crippen LogP contribution is 2.39. The maximum atomic E-state index is 14.3. The Morgan fingerprint density at radius 2 is 1.67 bits per heavy atom. The smallest absolute Gasteiger partial charge is 0.329 e. The normalized spacial score (nSPS) is 41.0. The molecule has 2 saturated heterocycles. The van der Waals surface area contributed by atoms with Gasteiger partial charge >= 0.3 is 5.97 Å². The molecule has 4 rings (SSSR count). The second-order valence-electron chi connectivity index (χ2n) is 17.4. The van der Waals surface area contributed by atoms with E-state index in [-0.39, 0.29) is 56.0 Å². The van der Waals surface area contributed by atoms with E-state index in [1.165, 1.54) is 19.1 Å². The third-order valence-corrected chi connectivity index (χ3v) is 13.0. The van der Waals surface area contributed by atoms with Crippen molar-refractivity contribution in [1.29, 1.82) is 0 Å². The molecule has 4 aliphatic rings. The molecule has 1 unspecified atom stereocenters. The number of Topliss-reactive ketones (excluding diaryl/α,β-unsaturated/α-hetero) is 2. The van der Waals surface area contributed by atoms with Gasteiger partial charge < -0.3 is 44.3 Å². The van der Waals surface area contributed by atoms with Gasteiger partial charge in [0, 0.05) is 57.5 Å². The Hall–Kier alpha value is -2.78. The van der Waals surface area contributed by atoms with Crippen molar-refractivity contribution in [3.63, 3.8) is 0 Å². The molecule has 3 aliphatic heterocycles. The number of amides is 1. The van der Waals surface area contributed by atoms with Crippen LogP contribution in [0.25, 0.3) is 0 Å². The number of allylic oxidation sites excluding steroid dienone is 4. The van der Waals surface area contributed by atoms with Crippen molar-refractivity contribution in [1.82, 2.24) is 4.90 Å². The summed E-state index contributed by atoms with van der Waals surface area (Å²) in [6.07, 6.45) is 5.00. The molecule has 0 spiro atoms. The number of hydrogen-bond donors (Lipinski definition) is 4. The van der Waals surface area contributed by atoms with Gasteiger partial charge in [0.2, 0.25) is 5.79 Å². The summed E-state index contributed by atoms with van der Waals surface area (Å²) >= 11 is 0. The fraction of sp³-hybridized carbons (Fsp3) is 0.773. The van der Waals surface area contributed by atoms with E-state index in [2.05, 4.69) is 6.58 Å². The van der Waals surface area contributed by atoms with Gasteiger partial charge in [-0.1, -0.05) is 44.6 Å². The van der Waals surface area contributed by atoms with Gasteiger partial charge in [0.1, 0.15) is 24.0 Å². The van der Waals surface area contributed by atoms with E-state index >= 15 is 0 Å². The lowest BCUT2D eigenvalue weighted by Crippen LogP contribution is -2.64. The fourth-order valence-corrected chi connectivity index (χ4v) is 9.51. The maximum Gasteiger partial charge on any atom is 0.329 e. The lowest BCUT2D eigenvalue weighted by molar-refractivity contribution is -0.302. The molecule has 1 aliphatic carbocycles. The standard InChI is InChI=1S/C44H69NO12/c1-9-12-31-18-25(2)17-26(3)19-37(54-7)40-38(55-8)21-28(5)44(53,57-40)41(50)42(51)45-16-11-10-13-33(45)43(52)56-39(29(6)35(48)23-36(31)49)27(4)20-30-14-15-34(47)32(22-30)24-46/h9,18,20,26,28-35,37-40,46-48,53H,1,10-17,19,21-24H2,2-8H3/b25-18+,27-20+/t26-,28+,29+,30-,31+,32-,33-,34+,35-,37-,38-,39?,40+,44+/m0/s1. The second-order valence-corrected chi connectivity index (χ2v) is 17.4. The second kappa shape index (κ2) is 21.0. The average molecular weight is 804 g/mol. The number of hydrogen-bond acceptors (Lipinski definition) is 12. The molecule has 2 bridgehead atoms. The molecule has 0 aromatic carbocycles. The van der Waals surface area contributed by atoms with Gasteiger partial charge in [-0.25, -0.2) is 4.79 Å². The summed E-state index contributed by atoms with van der Waals surface area (Å²) in [5.74, 6) is -8.19. The molecule has 322 valence electrons. The number of carbonyl (C=O) groups excluding carboxylic acids is 4. The largest absolute Gasteiger partial charge is 0.456 e. The molecule has 0 radical (unpaired) electrons. The molecule has 13 heteroatoms. The monoisotopic (exact) mass is 803 g/mol. The highest BCUT2D eigenvalue weighted by molar-refractivity contribution is 6.39. The SMILES string of the molecule is C=CC[C@@H]1/C=C(\C)C[C@H](C)C[C@H](OC)[C@H]2O[C@@](O)(C(=O)C(=O)N3CCCC[C@H]3C(=O)OC(/C(C)=C/[C@@H]3CC[C@@H](O)[C@H](CO)C3)[C@H](C)[C@@H](O)CC1=O)[C@H](C)C[C@@H]2OC. The first-order chi connectivity index (χ1) is 27.0. The number of ketones is 2. The van der Waals surface area contributed by atoms with Crippen molar-refractivity contribution in [2.24, 2.45) is 35.5 Å². The topological polar surface area (TPSA) is 189 Å². The molecule has 3 fully saturated rings. The first kappa shape index (κ1) is 46.9. The summed E-state index contributed by atoms with van der Waals surface area (Å²) in [7, 11) is 3.04. The number of nitrogens with zero attached hydrogens (tertiary/aromatic N) is 1. The Balaban J connectivity index is 1.78. The number of rotatable bonds is 7. The minimum Gasteiger partial charge on any atom is -0.456 e. The van der Waals surface area contributed by atoms with E-state index in [0.717, 1.165) is 5.57 Å². The van der Waals surface area contributed by atoms with E-state index < -0.39 is 83.9 Å². The van der Waals surface area contributed by atoms with Gasteiger partial charge in [-0.2, -0.15) is 0 Å². The number of aliphatic hydroxyl groups is 4. The minimum absolute atomic E-state index is 0.00385. The van der Waals surface area contributed by atoms with Crippen molar-refractivity contribution < 1.29 is 58.6 Å². The van der Waals surface area contributed by atoms with E-state index in [0.29, 0.717) is 56.9 Å². The van der Waals surface area contributed by atoms with Gasteiger partial charge in [-0.3, -0.25) is 14.4 Å². The Morgan fingerprint density at radius 3 is 2.32 bits per heavy atom. The number of cyclic esters (lactones) is 1. The molecule has 0 aromatic heterocycles.